The molecule has 1 aromatic heterocycles. The van der Waals surface area contributed by atoms with Gasteiger partial charge < -0.3 is 10.6 Å². The highest BCUT2D eigenvalue weighted by molar-refractivity contribution is 5.45. The van der Waals surface area contributed by atoms with Gasteiger partial charge in [0.15, 0.2) is 0 Å². The predicted molar refractivity (Wildman–Crippen MR) is 68.7 cm³/mol. The molecule has 0 spiro atoms. The van der Waals surface area contributed by atoms with E-state index in [4.69, 9.17) is 0 Å². The third kappa shape index (κ3) is 3.68. The molecule has 1 heterocycles. The zero-order valence-corrected chi connectivity index (χ0v) is 10.8. The summed E-state index contributed by atoms with van der Waals surface area (Å²) >= 11 is 0. The number of rotatable bonds is 4. The summed E-state index contributed by atoms with van der Waals surface area (Å²) in [5.41, 5.74) is 0.311. The summed E-state index contributed by atoms with van der Waals surface area (Å²) in [5, 5.41) is 6.33. The van der Waals surface area contributed by atoms with Gasteiger partial charge in [0, 0.05) is 19.7 Å². The van der Waals surface area contributed by atoms with Crippen LogP contribution in [0, 0.1) is 11.3 Å². The molecule has 1 aromatic rings. The summed E-state index contributed by atoms with van der Waals surface area (Å²) in [6, 6.07) is 1.91. The van der Waals surface area contributed by atoms with Gasteiger partial charge in [-0.05, 0) is 11.3 Å². The van der Waals surface area contributed by atoms with Crippen LogP contribution in [0.3, 0.4) is 0 Å². The van der Waals surface area contributed by atoms with E-state index in [1.807, 2.05) is 13.1 Å². The maximum absolute atomic E-state index is 4.18. The van der Waals surface area contributed by atoms with Crippen LogP contribution in [0.4, 0.5) is 11.6 Å². The van der Waals surface area contributed by atoms with E-state index >= 15 is 0 Å². The van der Waals surface area contributed by atoms with Crippen LogP contribution in [0.15, 0.2) is 12.4 Å². The van der Waals surface area contributed by atoms with Gasteiger partial charge in [0.1, 0.15) is 18.0 Å². The van der Waals surface area contributed by atoms with Crippen LogP contribution < -0.4 is 10.6 Å². The first-order chi connectivity index (χ1) is 7.43. The van der Waals surface area contributed by atoms with Gasteiger partial charge in [-0.25, -0.2) is 9.97 Å². The van der Waals surface area contributed by atoms with Crippen LogP contribution in [-0.2, 0) is 0 Å². The number of aromatic nitrogens is 2. The first-order valence-corrected chi connectivity index (χ1v) is 5.67. The van der Waals surface area contributed by atoms with E-state index in [9.17, 15) is 0 Å². The van der Waals surface area contributed by atoms with Crippen molar-refractivity contribution in [3.8, 4) is 0 Å². The first kappa shape index (κ1) is 12.7. The van der Waals surface area contributed by atoms with Gasteiger partial charge in [-0.15, -0.1) is 0 Å². The fraction of sp³-hybridized carbons (Fsp3) is 0.667. The van der Waals surface area contributed by atoms with Crippen molar-refractivity contribution < 1.29 is 0 Å². The summed E-state index contributed by atoms with van der Waals surface area (Å²) in [6.07, 6.45) is 1.57. The fourth-order valence-corrected chi connectivity index (χ4v) is 1.15. The lowest BCUT2D eigenvalue weighted by molar-refractivity contribution is 0.274. The Morgan fingerprint density at radius 2 is 1.88 bits per heavy atom. The van der Waals surface area contributed by atoms with Crippen molar-refractivity contribution >= 4 is 11.6 Å². The Kier molecular flexibility index (Phi) is 4.10. The van der Waals surface area contributed by atoms with Crippen molar-refractivity contribution in [1.29, 1.82) is 0 Å². The molecule has 0 aliphatic rings. The van der Waals surface area contributed by atoms with E-state index in [1.54, 1.807) is 6.33 Å². The summed E-state index contributed by atoms with van der Waals surface area (Å²) in [7, 11) is 1.85. The van der Waals surface area contributed by atoms with E-state index in [1.165, 1.54) is 0 Å². The van der Waals surface area contributed by atoms with Crippen molar-refractivity contribution in [1.82, 2.24) is 9.97 Å². The number of nitrogens with one attached hydrogen (secondary N) is 2. The highest BCUT2D eigenvalue weighted by Gasteiger charge is 2.19. The molecule has 90 valence electrons. The topological polar surface area (TPSA) is 49.8 Å². The first-order valence-electron chi connectivity index (χ1n) is 5.67. The molecule has 0 fully saturated rings. The third-order valence-electron chi connectivity index (χ3n) is 2.99. The van der Waals surface area contributed by atoms with Gasteiger partial charge in [0.05, 0.1) is 0 Å². The Morgan fingerprint density at radius 3 is 2.44 bits per heavy atom. The predicted octanol–water partition coefficient (Wildman–Crippen LogP) is 2.61. The zero-order valence-electron chi connectivity index (χ0n) is 10.8. The lowest BCUT2D eigenvalue weighted by Crippen LogP contribution is -2.25. The lowest BCUT2D eigenvalue weighted by Gasteiger charge is -2.27. The molecule has 0 radical (unpaired) electrons. The minimum absolute atomic E-state index is 0.311. The van der Waals surface area contributed by atoms with Crippen LogP contribution in [0.5, 0.6) is 0 Å². The molecule has 2 N–H and O–H groups in total. The monoisotopic (exact) mass is 222 g/mol. The average Bonchev–Trinajstić information content (AvgIpc) is 2.25. The molecule has 0 saturated carbocycles. The van der Waals surface area contributed by atoms with Gasteiger partial charge in [0.25, 0.3) is 0 Å². The largest absolute Gasteiger partial charge is 0.373 e. The molecular weight excluding hydrogens is 200 g/mol. The molecule has 0 aromatic carbocycles. The molecular formula is C12H22N4. The minimum atomic E-state index is 0.311. The van der Waals surface area contributed by atoms with E-state index in [2.05, 4.69) is 48.3 Å². The Bertz CT molecular complexity index is 330. The standard InChI is InChI=1S/C12H22N4/c1-9(12(2,3)4)7-14-11-6-10(13-5)15-8-16-11/h6,8-9H,7H2,1-5H3,(H2,13,14,15,16). The second-order valence-corrected chi connectivity index (χ2v) is 5.19. The van der Waals surface area contributed by atoms with E-state index < -0.39 is 0 Å². The molecule has 1 unspecified atom stereocenters. The fourth-order valence-electron chi connectivity index (χ4n) is 1.15. The maximum Gasteiger partial charge on any atom is 0.131 e. The highest BCUT2D eigenvalue weighted by atomic mass is 15.1. The van der Waals surface area contributed by atoms with Crippen LogP contribution in [0.2, 0.25) is 0 Å². The number of nitrogens with zero attached hydrogens (tertiary/aromatic N) is 2. The van der Waals surface area contributed by atoms with E-state index in [0.717, 1.165) is 18.2 Å². The van der Waals surface area contributed by atoms with Gasteiger partial charge in [0.2, 0.25) is 0 Å². The van der Waals surface area contributed by atoms with Crippen LogP contribution in [-0.4, -0.2) is 23.6 Å². The smallest absolute Gasteiger partial charge is 0.131 e. The molecule has 1 atom stereocenters. The third-order valence-corrected chi connectivity index (χ3v) is 2.99. The SMILES string of the molecule is CNc1cc(NCC(C)C(C)(C)C)ncn1. The molecule has 1 rings (SSSR count). The van der Waals surface area contributed by atoms with E-state index in [0.29, 0.717) is 11.3 Å². The Morgan fingerprint density at radius 1 is 1.25 bits per heavy atom. The van der Waals surface area contributed by atoms with Crippen molar-refractivity contribution in [2.24, 2.45) is 11.3 Å². The molecule has 16 heavy (non-hydrogen) atoms. The Balaban J connectivity index is 2.54. The second-order valence-electron chi connectivity index (χ2n) is 5.19. The zero-order chi connectivity index (χ0) is 12.2. The van der Waals surface area contributed by atoms with Crippen LogP contribution in [0.1, 0.15) is 27.7 Å². The molecule has 4 nitrogen and oxygen atoms in total. The summed E-state index contributed by atoms with van der Waals surface area (Å²) in [6.45, 7) is 9.91. The molecule has 0 saturated heterocycles. The molecule has 0 aliphatic heterocycles. The van der Waals surface area contributed by atoms with Gasteiger partial charge in [-0.3, -0.25) is 0 Å². The molecule has 0 amide bonds. The van der Waals surface area contributed by atoms with Crippen molar-refractivity contribution in [3.63, 3.8) is 0 Å². The summed E-state index contributed by atoms with van der Waals surface area (Å²) in [5.74, 6) is 2.29. The summed E-state index contributed by atoms with van der Waals surface area (Å²) in [4.78, 5) is 8.25. The number of anilines is 2. The number of hydrogen-bond donors (Lipinski definition) is 2. The van der Waals surface area contributed by atoms with Crippen molar-refractivity contribution in [2.75, 3.05) is 24.2 Å². The quantitative estimate of drug-likeness (QED) is 0.822. The van der Waals surface area contributed by atoms with Crippen LogP contribution in [0.25, 0.3) is 0 Å². The van der Waals surface area contributed by atoms with Gasteiger partial charge >= 0.3 is 0 Å². The molecule has 0 aliphatic carbocycles. The van der Waals surface area contributed by atoms with Gasteiger partial charge in [-0.1, -0.05) is 27.7 Å². The van der Waals surface area contributed by atoms with Crippen molar-refractivity contribution in [2.45, 2.75) is 27.7 Å². The van der Waals surface area contributed by atoms with Gasteiger partial charge in [-0.2, -0.15) is 0 Å². The normalized spacial score (nSPS) is 13.3. The molecule has 0 bridgehead atoms. The minimum Gasteiger partial charge on any atom is -0.373 e. The van der Waals surface area contributed by atoms with Crippen molar-refractivity contribution in [3.05, 3.63) is 12.4 Å². The number of hydrogen-bond acceptors (Lipinski definition) is 4. The van der Waals surface area contributed by atoms with Crippen LogP contribution >= 0.6 is 0 Å². The Hall–Kier alpha value is -1.32. The second kappa shape index (κ2) is 5.14. The highest BCUT2D eigenvalue weighted by Crippen LogP contribution is 2.25. The van der Waals surface area contributed by atoms with E-state index in [-0.39, 0.29) is 0 Å². The lowest BCUT2D eigenvalue weighted by atomic mass is 9.82. The molecule has 4 heteroatoms. The summed E-state index contributed by atoms with van der Waals surface area (Å²) < 4.78 is 0. The average molecular weight is 222 g/mol. The maximum atomic E-state index is 4.18. The Labute approximate surface area is 97.9 Å².